The van der Waals surface area contributed by atoms with Crippen LogP contribution in [-0.2, 0) is 26.5 Å². The molecule has 0 N–H and O–H groups in total. The number of fused-ring (bicyclic) bond motifs is 6. The molecule has 7 heteroatoms. The molecule has 0 radical (unpaired) electrons. The van der Waals surface area contributed by atoms with Crippen molar-refractivity contribution in [2.45, 2.75) is 26.2 Å². The minimum atomic E-state index is -0.569. The fourth-order valence-corrected chi connectivity index (χ4v) is 8.24. The summed E-state index contributed by atoms with van der Waals surface area (Å²) < 4.78 is 93.9. The van der Waals surface area contributed by atoms with E-state index in [2.05, 4.69) is 61.0 Å². The van der Waals surface area contributed by atoms with Gasteiger partial charge in [-0.25, -0.2) is 4.98 Å². The van der Waals surface area contributed by atoms with Crippen LogP contribution in [0.25, 0.3) is 44.5 Å². The molecule has 2 aliphatic heterocycles. The van der Waals surface area contributed by atoms with Crippen molar-refractivity contribution in [1.82, 2.24) is 9.97 Å². The van der Waals surface area contributed by atoms with Gasteiger partial charge >= 0.3 is 0 Å². The van der Waals surface area contributed by atoms with Crippen LogP contribution in [0.5, 0.6) is 11.5 Å². The van der Waals surface area contributed by atoms with Gasteiger partial charge in [-0.15, -0.1) is 48.3 Å². The Bertz CT molecular complexity index is 3610. The molecule has 0 saturated heterocycles. The number of hydrogen-bond donors (Lipinski definition) is 0. The van der Waals surface area contributed by atoms with Crippen molar-refractivity contribution >= 4 is 39.9 Å². The summed E-state index contributed by atoms with van der Waals surface area (Å²) in [6.07, 6.45) is 5.49. The Kier molecular flexibility index (Phi) is 8.06. The Morgan fingerprint density at radius 2 is 1.22 bits per heavy atom. The topological polar surface area (TPSA) is 44.7 Å². The van der Waals surface area contributed by atoms with Gasteiger partial charge < -0.3 is 19.4 Å². The fraction of sp³-hybridized carbons (Fsp3) is 0.0702. The van der Waals surface area contributed by atoms with Gasteiger partial charge in [0.25, 0.3) is 0 Å². The molecule has 0 fully saturated rings. The zero-order chi connectivity index (χ0) is 51.2. The first-order chi connectivity index (χ1) is 35.0. The Morgan fingerprint density at radius 3 is 1.94 bits per heavy atom. The zero-order valence-corrected chi connectivity index (χ0v) is 37.0. The molecule has 0 atom stereocenters. The number of benzene rings is 7. The van der Waals surface area contributed by atoms with E-state index in [0.717, 1.165) is 39.2 Å². The Balaban J connectivity index is 0.00000626. The van der Waals surface area contributed by atoms with Crippen LogP contribution in [0, 0.1) is 18.8 Å². The predicted molar refractivity (Wildman–Crippen MR) is 256 cm³/mol. The smallest absolute Gasteiger partial charge is 0.135 e. The second kappa shape index (κ2) is 16.8. The van der Waals surface area contributed by atoms with Crippen LogP contribution < -0.4 is 19.4 Å². The number of para-hydroxylation sites is 4. The maximum atomic E-state index is 9.04. The number of ether oxygens (including phenoxy) is 1. The molecule has 2 aromatic heterocycles. The van der Waals surface area contributed by atoms with E-state index in [1.165, 1.54) is 0 Å². The van der Waals surface area contributed by atoms with E-state index < -0.39 is 60.4 Å². The average molecular weight is 1020 g/mol. The van der Waals surface area contributed by atoms with Crippen LogP contribution in [-0.4, -0.2) is 9.97 Å². The van der Waals surface area contributed by atoms with Crippen molar-refractivity contribution in [1.29, 1.82) is 0 Å². The quantitative estimate of drug-likeness (QED) is 0.148. The van der Waals surface area contributed by atoms with Gasteiger partial charge in [0.05, 0.1) is 19.4 Å². The van der Waals surface area contributed by atoms with Gasteiger partial charge in [0.15, 0.2) is 0 Å². The molecule has 64 heavy (non-hydrogen) atoms. The summed E-state index contributed by atoms with van der Waals surface area (Å²) in [6, 6.07) is 37.7. The minimum Gasteiger partial charge on any atom is -0.509 e. The summed E-state index contributed by atoms with van der Waals surface area (Å²) in [5.41, 5.74) is 8.46. The molecule has 0 saturated carbocycles. The van der Waals surface area contributed by atoms with Crippen LogP contribution in [0.2, 0.25) is 0 Å². The Morgan fingerprint density at radius 1 is 0.578 bits per heavy atom. The number of hydrogen-bond acceptors (Lipinski definition) is 6. The predicted octanol–water partition coefficient (Wildman–Crippen LogP) is 15.0. The van der Waals surface area contributed by atoms with Gasteiger partial charge in [0, 0.05) is 84.9 Å². The van der Waals surface area contributed by atoms with Crippen molar-refractivity contribution in [3.8, 4) is 56.0 Å². The van der Waals surface area contributed by atoms with E-state index in [0.29, 0.717) is 34.4 Å². The minimum absolute atomic E-state index is 0. The van der Waals surface area contributed by atoms with E-state index >= 15 is 0 Å². The van der Waals surface area contributed by atoms with Crippen molar-refractivity contribution in [3.05, 3.63) is 219 Å². The maximum Gasteiger partial charge on any atom is 0.135 e. The van der Waals surface area contributed by atoms with E-state index in [-0.39, 0.29) is 54.4 Å². The summed E-state index contributed by atoms with van der Waals surface area (Å²) >= 11 is 0. The van der Waals surface area contributed by atoms with Crippen LogP contribution in [0.3, 0.4) is 0 Å². The molecule has 0 aliphatic carbocycles. The third kappa shape index (κ3) is 7.34. The van der Waals surface area contributed by atoms with Gasteiger partial charge in [-0.2, -0.15) is 12.1 Å². The first kappa shape index (κ1) is 30.7. The van der Waals surface area contributed by atoms with E-state index in [1.54, 1.807) is 42.0 Å². The zero-order valence-electron chi connectivity index (χ0n) is 44.7. The van der Waals surface area contributed by atoms with Gasteiger partial charge in [0.1, 0.15) is 5.82 Å². The molecular formula is C57H42N5OPt-3. The summed E-state index contributed by atoms with van der Waals surface area (Å²) in [5.74, 6) is 1.47. The molecule has 9 aromatic rings. The fourth-order valence-electron chi connectivity index (χ4n) is 8.24. The van der Waals surface area contributed by atoms with Crippen LogP contribution >= 0.6 is 0 Å². The summed E-state index contributed by atoms with van der Waals surface area (Å²) in [7, 11) is 0. The molecule has 6 nitrogen and oxygen atoms in total. The monoisotopic (exact) mass is 1020 g/mol. The molecular weight excluding hydrogens is 966 g/mol. The number of rotatable bonds is 7. The number of nitrogens with zero attached hydrogens (tertiary/aromatic N) is 5. The third-order valence-corrected chi connectivity index (χ3v) is 11.2. The Labute approximate surface area is 403 Å². The van der Waals surface area contributed by atoms with Crippen LogP contribution in [0.1, 0.15) is 40.0 Å². The SMILES string of the molecule is [2H]c1c([2H])c([2H])c(-c2cccc(-c3c([2H])c([2H])c([2H])c([2H])c3[2H])c2N2[CH-]N(c3[c-]c(Oc4[c-]c5c(cc4)-c4ccncc4-c4ccccc4N5c4cc(C(C)(C)C)ccn4)ccc3)c3ccccc32)c([2H])c1[2H].[Pt]. The summed E-state index contributed by atoms with van der Waals surface area (Å²) in [4.78, 5) is 15.1. The van der Waals surface area contributed by atoms with Crippen LogP contribution in [0.15, 0.2) is 194 Å². The molecule has 2 aliphatic rings. The summed E-state index contributed by atoms with van der Waals surface area (Å²) in [5, 5.41) is 0. The molecule has 0 amide bonds. The number of aromatic nitrogens is 2. The molecule has 0 unspecified atom stereocenters. The van der Waals surface area contributed by atoms with Crippen molar-refractivity contribution in [2.75, 3.05) is 14.7 Å². The maximum absolute atomic E-state index is 9.04. The van der Waals surface area contributed by atoms with Gasteiger partial charge in [-0.05, 0) is 64.1 Å². The molecule has 4 heterocycles. The number of pyridine rings is 2. The third-order valence-electron chi connectivity index (χ3n) is 11.2. The summed E-state index contributed by atoms with van der Waals surface area (Å²) in [6.45, 7) is 8.24. The first-order valence-corrected chi connectivity index (χ1v) is 20.4. The van der Waals surface area contributed by atoms with Crippen molar-refractivity contribution < 1.29 is 39.5 Å². The first-order valence-electron chi connectivity index (χ1n) is 25.4. The Hall–Kier alpha value is -7.27. The molecule has 0 spiro atoms. The van der Waals surface area contributed by atoms with Gasteiger partial charge in [0.2, 0.25) is 0 Å². The standard InChI is InChI=1S/C57H42N5O.Pt/c1-57(2,3)41-30-33-59-55(34-41)62-51-25-11-10-22-48(51)50-37-58-32-31-47(50)49-29-28-44(36-54(49)62)63-43-21-14-20-42(35-43)60-38-61(53-27-13-12-26-52(53)60)56-45(39-16-6-4-7-17-39)23-15-24-46(56)40-18-8-5-9-19-40;/h4-34,37-38H,1-3H3;/q-3;/i4D,5D,6D,7D,8D,9D,16D,17D,18D,19D;. The molecule has 7 aromatic carbocycles. The normalized spacial score (nSPS) is 14.8. The largest absolute Gasteiger partial charge is 0.509 e. The van der Waals surface area contributed by atoms with E-state index in [4.69, 9.17) is 23.4 Å². The van der Waals surface area contributed by atoms with E-state index in [9.17, 15) is 0 Å². The van der Waals surface area contributed by atoms with Crippen molar-refractivity contribution in [3.63, 3.8) is 0 Å². The molecule has 314 valence electrons. The van der Waals surface area contributed by atoms with Gasteiger partial charge in [-0.1, -0.05) is 141 Å². The number of anilines is 7. The molecule has 0 bridgehead atoms. The average Bonchev–Trinajstić information content (AvgIpc) is 3.73. The van der Waals surface area contributed by atoms with Crippen LogP contribution in [0.4, 0.5) is 39.9 Å². The molecule has 11 rings (SSSR count). The second-order valence-electron chi connectivity index (χ2n) is 16.1. The van der Waals surface area contributed by atoms with Crippen molar-refractivity contribution in [2.24, 2.45) is 0 Å². The van der Waals surface area contributed by atoms with Gasteiger partial charge in [-0.3, -0.25) is 4.98 Å². The second-order valence-corrected chi connectivity index (χ2v) is 16.1. The van der Waals surface area contributed by atoms with E-state index in [1.807, 2.05) is 90.1 Å².